The van der Waals surface area contributed by atoms with Gasteiger partial charge in [-0.25, -0.2) is 9.37 Å². The number of hydrogen-bond donors (Lipinski definition) is 1. The second-order valence-corrected chi connectivity index (χ2v) is 4.72. The lowest BCUT2D eigenvalue weighted by Crippen LogP contribution is -2.02. The summed E-state index contributed by atoms with van der Waals surface area (Å²) in [5, 5.41) is 0. The second kappa shape index (κ2) is 4.93. The minimum Gasteiger partial charge on any atom is -0.329 e. The molecule has 0 atom stereocenters. The summed E-state index contributed by atoms with van der Waals surface area (Å²) < 4.78 is 15.7. The molecular weight excluding hydrogens is 261 g/mol. The van der Waals surface area contributed by atoms with Crippen LogP contribution in [0, 0.1) is 10.6 Å². The number of aromatic nitrogens is 3. The second-order valence-electron chi connectivity index (χ2n) is 4.34. The maximum atomic E-state index is 13.1. The van der Waals surface area contributed by atoms with Crippen molar-refractivity contribution in [2.45, 2.75) is 13.0 Å². The van der Waals surface area contributed by atoms with Gasteiger partial charge in [0.05, 0.1) is 5.52 Å². The Kier molecular flexibility index (Phi) is 3.13. The summed E-state index contributed by atoms with van der Waals surface area (Å²) in [5.41, 5.74) is 2.71. The minimum atomic E-state index is -0.210. The lowest BCUT2D eigenvalue weighted by Gasteiger charge is -2.04. The number of halogens is 1. The normalized spacial score (nSPS) is 11.0. The van der Waals surface area contributed by atoms with Crippen molar-refractivity contribution in [3.05, 3.63) is 58.7 Å². The smallest absolute Gasteiger partial charge is 0.179 e. The molecule has 19 heavy (non-hydrogen) atoms. The van der Waals surface area contributed by atoms with Gasteiger partial charge in [0.2, 0.25) is 0 Å². The number of H-pyrrole nitrogens is 1. The van der Waals surface area contributed by atoms with Crippen molar-refractivity contribution in [3.63, 3.8) is 0 Å². The van der Waals surface area contributed by atoms with E-state index in [-0.39, 0.29) is 5.82 Å². The molecule has 0 fully saturated rings. The van der Waals surface area contributed by atoms with E-state index in [0.717, 1.165) is 23.1 Å². The lowest BCUT2D eigenvalue weighted by molar-refractivity contribution is 0.622. The maximum Gasteiger partial charge on any atom is 0.179 e. The van der Waals surface area contributed by atoms with Gasteiger partial charge in [0.15, 0.2) is 10.4 Å². The standard InChI is InChI=1S/C14H12FN3S/c15-11-4-1-3-10(9-11)6-8-18-13-12(17-14(18)19)5-2-7-16-13/h1-5,7,9H,6,8H2,(H,17,19). The number of nitrogens with zero attached hydrogens (tertiary/aromatic N) is 2. The highest BCUT2D eigenvalue weighted by atomic mass is 32.1. The van der Waals surface area contributed by atoms with Gasteiger partial charge in [-0.3, -0.25) is 0 Å². The highest BCUT2D eigenvalue weighted by molar-refractivity contribution is 7.71. The third kappa shape index (κ3) is 2.42. The van der Waals surface area contributed by atoms with Crippen LogP contribution in [-0.4, -0.2) is 14.5 Å². The molecule has 5 heteroatoms. The lowest BCUT2D eigenvalue weighted by atomic mass is 10.1. The number of hydrogen-bond acceptors (Lipinski definition) is 2. The molecule has 0 bridgehead atoms. The van der Waals surface area contributed by atoms with Gasteiger partial charge in [-0.15, -0.1) is 0 Å². The topological polar surface area (TPSA) is 33.6 Å². The zero-order valence-corrected chi connectivity index (χ0v) is 11.0. The number of fused-ring (bicyclic) bond motifs is 1. The van der Waals surface area contributed by atoms with Crippen LogP contribution in [0.3, 0.4) is 0 Å². The molecular formula is C14H12FN3S. The molecule has 3 rings (SSSR count). The quantitative estimate of drug-likeness (QED) is 0.741. The molecule has 0 aliphatic carbocycles. The Morgan fingerprint density at radius 3 is 3.00 bits per heavy atom. The highest BCUT2D eigenvalue weighted by Crippen LogP contribution is 2.12. The number of imidazole rings is 1. The van der Waals surface area contributed by atoms with Crippen LogP contribution in [0.25, 0.3) is 11.2 Å². The van der Waals surface area contributed by atoms with Gasteiger partial charge in [-0.1, -0.05) is 12.1 Å². The highest BCUT2D eigenvalue weighted by Gasteiger charge is 2.05. The number of benzene rings is 1. The molecule has 2 heterocycles. The van der Waals surface area contributed by atoms with Gasteiger partial charge in [0, 0.05) is 12.7 Å². The van der Waals surface area contributed by atoms with Crippen molar-refractivity contribution in [2.24, 2.45) is 0 Å². The van der Waals surface area contributed by atoms with Crippen LogP contribution in [0.15, 0.2) is 42.6 Å². The molecule has 3 aromatic rings. The van der Waals surface area contributed by atoms with Crippen LogP contribution in [0.1, 0.15) is 5.56 Å². The Morgan fingerprint density at radius 1 is 1.26 bits per heavy atom. The molecule has 3 nitrogen and oxygen atoms in total. The molecule has 0 spiro atoms. The zero-order chi connectivity index (χ0) is 13.2. The Balaban J connectivity index is 1.90. The fourth-order valence-electron chi connectivity index (χ4n) is 2.13. The molecule has 0 saturated carbocycles. The van der Waals surface area contributed by atoms with Gasteiger partial charge in [-0.05, 0) is 48.5 Å². The average Bonchev–Trinajstić information content (AvgIpc) is 2.72. The van der Waals surface area contributed by atoms with Crippen molar-refractivity contribution in [2.75, 3.05) is 0 Å². The van der Waals surface area contributed by atoms with Gasteiger partial charge < -0.3 is 9.55 Å². The molecule has 0 unspecified atom stereocenters. The van der Waals surface area contributed by atoms with E-state index in [1.54, 1.807) is 18.3 Å². The predicted octanol–water partition coefficient (Wildman–Crippen LogP) is 3.48. The molecule has 1 N–H and O–H groups in total. The van der Waals surface area contributed by atoms with E-state index in [9.17, 15) is 4.39 Å². The van der Waals surface area contributed by atoms with Crippen molar-refractivity contribution in [1.82, 2.24) is 14.5 Å². The summed E-state index contributed by atoms with van der Waals surface area (Å²) in [6.45, 7) is 0.680. The van der Waals surface area contributed by atoms with Crippen LogP contribution in [0.4, 0.5) is 4.39 Å². The maximum absolute atomic E-state index is 13.1. The van der Waals surface area contributed by atoms with Crippen LogP contribution in [0.5, 0.6) is 0 Å². The summed E-state index contributed by atoms with van der Waals surface area (Å²) in [6, 6.07) is 10.4. The van der Waals surface area contributed by atoms with E-state index in [2.05, 4.69) is 9.97 Å². The van der Waals surface area contributed by atoms with Gasteiger partial charge in [-0.2, -0.15) is 0 Å². The first-order valence-corrected chi connectivity index (χ1v) is 6.43. The Bertz CT molecular complexity index is 775. The fraction of sp³-hybridized carbons (Fsp3) is 0.143. The van der Waals surface area contributed by atoms with Gasteiger partial charge in [0.1, 0.15) is 5.82 Å². The third-order valence-electron chi connectivity index (χ3n) is 3.04. The molecule has 0 aliphatic rings. The summed E-state index contributed by atoms with van der Waals surface area (Å²) in [4.78, 5) is 7.44. The monoisotopic (exact) mass is 273 g/mol. The Labute approximate surface area is 114 Å². The van der Waals surface area contributed by atoms with E-state index in [1.165, 1.54) is 6.07 Å². The molecule has 0 radical (unpaired) electrons. The van der Waals surface area contributed by atoms with Crippen LogP contribution < -0.4 is 0 Å². The van der Waals surface area contributed by atoms with E-state index in [4.69, 9.17) is 12.2 Å². The van der Waals surface area contributed by atoms with Crippen molar-refractivity contribution >= 4 is 23.4 Å². The van der Waals surface area contributed by atoms with E-state index in [0.29, 0.717) is 11.3 Å². The molecule has 96 valence electrons. The number of nitrogens with one attached hydrogen (secondary N) is 1. The third-order valence-corrected chi connectivity index (χ3v) is 3.36. The van der Waals surface area contributed by atoms with Crippen molar-refractivity contribution < 1.29 is 4.39 Å². The summed E-state index contributed by atoms with van der Waals surface area (Å²) in [6.07, 6.45) is 2.46. The number of pyridine rings is 1. The van der Waals surface area contributed by atoms with Crippen LogP contribution >= 0.6 is 12.2 Å². The summed E-state index contributed by atoms with van der Waals surface area (Å²) in [5.74, 6) is -0.210. The predicted molar refractivity (Wildman–Crippen MR) is 75.0 cm³/mol. The molecule has 2 aromatic heterocycles. The van der Waals surface area contributed by atoms with Crippen molar-refractivity contribution in [1.29, 1.82) is 0 Å². The Morgan fingerprint density at radius 2 is 2.16 bits per heavy atom. The van der Waals surface area contributed by atoms with Crippen LogP contribution in [-0.2, 0) is 13.0 Å². The first-order valence-electron chi connectivity index (χ1n) is 6.02. The molecule has 0 aliphatic heterocycles. The molecule has 1 aromatic carbocycles. The van der Waals surface area contributed by atoms with E-state index >= 15 is 0 Å². The molecule has 0 amide bonds. The zero-order valence-electron chi connectivity index (χ0n) is 10.1. The first kappa shape index (κ1) is 12.0. The van der Waals surface area contributed by atoms with Gasteiger partial charge >= 0.3 is 0 Å². The Hall–Kier alpha value is -2.01. The SMILES string of the molecule is Fc1cccc(CCn2c(=S)[nH]c3cccnc32)c1. The first-order chi connectivity index (χ1) is 9.24. The number of aryl methyl sites for hydroxylation is 2. The minimum absolute atomic E-state index is 0.210. The summed E-state index contributed by atoms with van der Waals surface area (Å²) in [7, 11) is 0. The number of rotatable bonds is 3. The fourth-order valence-corrected chi connectivity index (χ4v) is 2.42. The summed E-state index contributed by atoms with van der Waals surface area (Å²) >= 11 is 5.29. The van der Waals surface area contributed by atoms with Gasteiger partial charge in [0.25, 0.3) is 0 Å². The average molecular weight is 273 g/mol. The van der Waals surface area contributed by atoms with Crippen LogP contribution in [0.2, 0.25) is 0 Å². The van der Waals surface area contributed by atoms with E-state index < -0.39 is 0 Å². The largest absolute Gasteiger partial charge is 0.329 e. The molecule has 0 saturated heterocycles. The van der Waals surface area contributed by atoms with E-state index in [1.807, 2.05) is 22.8 Å². The van der Waals surface area contributed by atoms with Crippen molar-refractivity contribution in [3.8, 4) is 0 Å². The number of aromatic amines is 1.